The van der Waals surface area contributed by atoms with Crippen molar-refractivity contribution >= 4 is 23.6 Å². The Morgan fingerprint density at radius 1 is 0.418 bits per heavy atom. The van der Waals surface area contributed by atoms with E-state index in [-0.39, 0.29) is 23.6 Å². The molecule has 2 rings (SSSR count). The summed E-state index contributed by atoms with van der Waals surface area (Å²) in [5.74, 6) is -0.212. The molecule has 460 valence electrons. The zero-order valence-electron chi connectivity index (χ0n) is 51.6. The van der Waals surface area contributed by atoms with E-state index in [1.165, 1.54) is 96.3 Å². The molecule has 4 N–H and O–H groups in total. The van der Waals surface area contributed by atoms with Crippen LogP contribution in [0.5, 0.6) is 0 Å². The molecule has 0 saturated carbocycles. The summed E-state index contributed by atoms with van der Waals surface area (Å²) in [6, 6.07) is -0.616. The lowest BCUT2D eigenvalue weighted by Crippen LogP contribution is -2.47. The standard InChI is InChI=1S/C64H118N4O11/c1-8-40-73-44-48-77-52-53-79-51-47-76-43-34-60(70)66-38-25-41-74-45-49-78-50-46-75-42-26-39-67-62(72)58(68-61(71)33-20-16-12-10-14-18-30-57-55(3)28-24-36-64(57,6)7)31-21-22-37-65-59(69)32-19-15-11-9-13-17-29-56-54(2)27-23-35-63(56,4)5/h58H,8-53H2,1-7H3,(H,65,69)(H,66,70)(H,67,72)(H,68,71)/t58-/m0/s1. The maximum absolute atomic E-state index is 13.4. The predicted molar refractivity (Wildman–Crippen MR) is 319 cm³/mol. The molecule has 0 aliphatic heterocycles. The summed E-state index contributed by atoms with van der Waals surface area (Å²) in [6.07, 6.45) is 29.4. The predicted octanol–water partition coefficient (Wildman–Crippen LogP) is 12.0. The second-order valence-corrected chi connectivity index (χ2v) is 23.6. The van der Waals surface area contributed by atoms with E-state index in [0.29, 0.717) is 161 Å². The van der Waals surface area contributed by atoms with Gasteiger partial charge in [0.2, 0.25) is 23.6 Å². The number of nitrogens with one attached hydrogen (secondary N) is 4. The Hall–Kier alpha value is -2.92. The molecule has 2 aliphatic rings. The summed E-state index contributed by atoms with van der Waals surface area (Å²) >= 11 is 0. The summed E-state index contributed by atoms with van der Waals surface area (Å²) < 4.78 is 38.7. The summed E-state index contributed by atoms with van der Waals surface area (Å²) in [5.41, 5.74) is 7.33. The number of allylic oxidation sites excluding steroid dienone is 4. The number of unbranched alkanes of at least 4 members (excludes halogenated alkanes) is 11. The fraction of sp³-hybridized carbons (Fsp3) is 0.875. The van der Waals surface area contributed by atoms with Crippen molar-refractivity contribution in [2.45, 2.75) is 241 Å². The van der Waals surface area contributed by atoms with Gasteiger partial charge in [0, 0.05) is 58.7 Å². The van der Waals surface area contributed by atoms with Crippen LogP contribution in [0.4, 0.5) is 0 Å². The van der Waals surface area contributed by atoms with Crippen LogP contribution in [0.15, 0.2) is 22.3 Å². The molecule has 2 aliphatic carbocycles. The van der Waals surface area contributed by atoms with E-state index in [1.54, 1.807) is 22.3 Å². The first-order chi connectivity index (χ1) is 38.3. The van der Waals surface area contributed by atoms with Crippen LogP contribution in [0.2, 0.25) is 0 Å². The number of rotatable bonds is 53. The van der Waals surface area contributed by atoms with Gasteiger partial charge >= 0.3 is 0 Å². The monoisotopic (exact) mass is 1120 g/mol. The SMILES string of the molecule is CCCOCCOCCOCCOCCC(=O)NCCCOCCOCCOCCCNC(=O)[C@H](CCCCNC(=O)CCCCCCCCC1=C(C)CCCC1(C)C)NC(=O)CCCCCCCCC1=C(C)CCCC1(C)C. The molecule has 1 atom stereocenters. The summed E-state index contributed by atoms with van der Waals surface area (Å²) in [5, 5.41) is 12.0. The van der Waals surface area contributed by atoms with Crippen molar-refractivity contribution < 1.29 is 52.3 Å². The average Bonchev–Trinajstić information content (AvgIpc) is 3.45. The maximum atomic E-state index is 13.4. The number of carbonyl (C=O) groups is 4. The smallest absolute Gasteiger partial charge is 0.242 e. The lowest BCUT2D eigenvalue weighted by Gasteiger charge is -2.34. The van der Waals surface area contributed by atoms with Gasteiger partial charge < -0.3 is 54.4 Å². The molecular weight excluding hydrogens is 1000 g/mol. The zero-order chi connectivity index (χ0) is 57.5. The van der Waals surface area contributed by atoms with E-state index in [2.05, 4.69) is 69.7 Å². The summed E-state index contributed by atoms with van der Waals surface area (Å²) in [4.78, 5) is 51.2. The average molecular weight is 1120 g/mol. The van der Waals surface area contributed by atoms with E-state index in [0.717, 1.165) is 51.6 Å². The largest absolute Gasteiger partial charge is 0.379 e. The van der Waals surface area contributed by atoms with Crippen LogP contribution < -0.4 is 21.3 Å². The van der Waals surface area contributed by atoms with Crippen molar-refractivity contribution in [3.63, 3.8) is 0 Å². The second kappa shape index (κ2) is 47.6. The van der Waals surface area contributed by atoms with Crippen LogP contribution in [0.3, 0.4) is 0 Å². The van der Waals surface area contributed by atoms with Gasteiger partial charge in [-0.15, -0.1) is 0 Å². The Balaban J connectivity index is 1.54. The first kappa shape index (κ1) is 72.2. The van der Waals surface area contributed by atoms with E-state index < -0.39 is 6.04 Å². The maximum Gasteiger partial charge on any atom is 0.242 e. The van der Waals surface area contributed by atoms with E-state index >= 15 is 0 Å². The molecule has 0 aromatic heterocycles. The molecule has 0 fully saturated rings. The third kappa shape index (κ3) is 38.5. The van der Waals surface area contributed by atoms with Gasteiger partial charge in [-0.05, 0) is 140 Å². The Kier molecular flexibility index (Phi) is 43.5. The van der Waals surface area contributed by atoms with Crippen molar-refractivity contribution in [3.8, 4) is 0 Å². The highest BCUT2D eigenvalue weighted by molar-refractivity contribution is 5.87. The zero-order valence-corrected chi connectivity index (χ0v) is 51.6. The molecule has 0 radical (unpaired) electrons. The van der Waals surface area contributed by atoms with Gasteiger partial charge in [-0.25, -0.2) is 0 Å². The second-order valence-electron chi connectivity index (χ2n) is 23.6. The Bertz CT molecular complexity index is 1650. The Labute approximate surface area is 481 Å². The molecule has 4 amide bonds. The Morgan fingerprint density at radius 2 is 0.797 bits per heavy atom. The third-order valence-electron chi connectivity index (χ3n) is 15.7. The quantitative estimate of drug-likeness (QED) is 0.0336. The first-order valence-electron chi connectivity index (χ1n) is 31.8. The number of hydrogen-bond acceptors (Lipinski definition) is 11. The van der Waals surface area contributed by atoms with Gasteiger partial charge in [0.25, 0.3) is 0 Å². The van der Waals surface area contributed by atoms with Gasteiger partial charge in [-0.3, -0.25) is 19.2 Å². The lowest BCUT2D eigenvalue weighted by atomic mass is 9.71. The highest BCUT2D eigenvalue weighted by Gasteiger charge is 2.29. The molecule has 0 saturated heterocycles. The molecule has 0 heterocycles. The van der Waals surface area contributed by atoms with Gasteiger partial charge in [0.05, 0.1) is 72.7 Å². The van der Waals surface area contributed by atoms with Crippen LogP contribution in [-0.4, -0.2) is 142 Å². The van der Waals surface area contributed by atoms with Crippen LogP contribution in [-0.2, 0) is 52.3 Å². The minimum Gasteiger partial charge on any atom is -0.379 e. The van der Waals surface area contributed by atoms with Crippen molar-refractivity contribution in [2.75, 3.05) is 112 Å². The molecular formula is C64H118N4O11. The highest BCUT2D eigenvalue weighted by atomic mass is 16.6. The fourth-order valence-electron chi connectivity index (χ4n) is 11.0. The van der Waals surface area contributed by atoms with Gasteiger partial charge in [0.1, 0.15) is 6.04 Å². The molecule has 79 heavy (non-hydrogen) atoms. The molecule has 15 nitrogen and oxygen atoms in total. The highest BCUT2D eigenvalue weighted by Crippen LogP contribution is 2.43. The molecule has 0 aromatic carbocycles. The van der Waals surface area contributed by atoms with Crippen molar-refractivity contribution in [1.29, 1.82) is 0 Å². The van der Waals surface area contributed by atoms with Crippen molar-refractivity contribution in [2.24, 2.45) is 10.8 Å². The van der Waals surface area contributed by atoms with Crippen LogP contribution in [0.1, 0.15) is 235 Å². The van der Waals surface area contributed by atoms with Crippen LogP contribution in [0.25, 0.3) is 0 Å². The number of hydrogen-bond donors (Lipinski definition) is 4. The minimum atomic E-state index is -0.616. The fourth-order valence-corrected chi connectivity index (χ4v) is 11.0. The molecule has 15 heteroatoms. The first-order valence-corrected chi connectivity index (χ1v) is 31.8. The molecule has 0 aromatic rings. The minimum absolute atomic E-state index is 0.0540. The number of ether oxygens (including phenoxy) is 7. The Morgan fingerprint density at radius 3 is 1.27 bits per heavy atom. The van der Waals surface area contributed by atoms with Crippen LogP contribution >= 0.6 is 0 Å². The van der Waals surface area contributed by atoms with E-state index in [9.17, 15) is 19.2 Å². The number of carbonyl (C=O) groups excluding carboxylic acids is 4. The van der Waals surface area contributed by atoms with Gasteiger partial charge in [-0.1, -0.05) is 108 Å². The van der Waals surface area contributed by atoms with Crippen molar-refractivity contribution in [1.82, 2.24) is 21.3 Å². The molecule has 0 spiro atoms. The molecule has 0 bridgehead atoms. The van der Waals surface area contributed by atoms with Crippen molar-refractivity contribution in [3.05, 3.63) is 22.3 Å². The number of amides is 4. The lowest BCUT2D eigenvalue weighted by molar-refractivity contribution is -0.129. The molecule has 0 unspecified atom stereocenters. The van der Waals surface area contributed by atoms with Crippen LogP contribution in [0, 0.1) is 10.8 Å². The van der Waals surface area contributed by atoms with Gasteiger partial charge in [0.15, 0.2) is 0 Å². The summed E-state index contributed by atoms with van der Waals surface area (Å²) in [7, 11) is 0. The summed E-state index contributed by atoms with van der Waals surface area (Å²) in [6.45, 7) is 24.9. The topological polar surface area (TPSA) is 181 Å². The van der Waals surface area contributed by atoms with E-state index in [1.807, 2.05) is 0 Å². The van der Waals surface area contributed by atoms with Gasteiger partial charge in [-0.2, -0.15) is 0 Å². The normalized spacial score (nSPS) is 15.6. The van der Waals surface area contributed by atoms with E-state index in [4.69, 9.17) is 33.2 Å². The third-order valence-corrected chi connectivity index (χ3v) is 15.7.